The van der Waals surface area contributed by atoms with Gasteiger partial charge in [-0.1, -0.05) is 26.8 Å². The molecule has 2 aromatic rings. The van der Waals surface area contributed by atoms with Crippen LogP contribution in [0.3, 0.4) is 0 Å². The normalized spacial score (nSPS) is 12.9. The zero-order chi connectivity index (χ0) is 15.4. The highest BCUT2D eigenvalue weighted by atomic mass is 19.1. The van der Waals surface area contributed by atoms with Crippen LogP contribution in [0.1, 0.15) is 57.3 Å². The molecule has 21 heavy (non-hydrogen) atoms. The van der Waals surface area contributed by atoms with Crippen LogP contribution in [-0.2, 0) is 0 Å². The molecule has 0 amide bonds. The molecule has 0 saturated carbocycles. The van der Waals surface area contributed by atoms with Crippen LogP contribution in [0.2, 0.25) is 0 Å². The number of nitrogens with zero attached hydrogens (tertiary/aromatic N) is 2. The van der Waals surface area contributed by atoms with Gasteiger partial charge in [0.15, 0.2) is 0 Å². The number of nitrogens with one attached hydrogen (secondary N) is 1. The van der Waals surface area contributed by atoms with Crippen LogP contribution in [0.25, 0.3) is 5.69 Å². The van der Waals surface area contributed by atoms with Crippen molar-refractivity contribution >= 4 is 0 Å². The summed E-state index contributed by atoms with van der Waals surface area (Å²) in [4.78, 5) is 0. The molecule has 1 aromatic heterocycles. The quantitative estimate of drug-likeness (QED) is 0.864. The van der Waals surface area contributed by atoms with E-state index in [-0.39, 0.29) is 11.9 Å². The van der Waals surface area contributed by atoms with Gasteiger partial charge in [-0.2, -0.15) is 5.10 Å². The summed E-state index contributed by atoms with van der Waals surface area (Å²) < 4.78 is 16.1. The van der Waals surface area contributed by atoms with Crippen LogP contribution in [-0.4, -0.2) is 16.3 Å². The van der Waals surface area contributed by atoms with E-state index in [0.29, 0.717) is 11.5 Å². The summed E-state index contributed by atoms with van der Waals surface area (Å²) in [5.41, 5.74) is 2.49. The van der Waals surface area contributed by atoms with Gasteiger partial charge in [0, 0.05) is 17.8 Å². The maximum absolute atomic E-state index is 14.3. The maximum atomic E-state index is 14.3. The smallest absolute Gasteiger partial charge is 0.130 e. The molecule has 0 radical (unpaired) electrons. The molecule has 1 N–H and O–H groups in total. The highest BCUT2D eigenvalue weighted by Crippen LogP contribution is 2.25. The first-order valence-corrected chi connectivity index (χ1v) is 7.62. The van der Waals surface area contributed by atoms with E-state index in [1.807, 2.05) is 25.3 Å². The van der Waals surface area contributed by atoms with Gasteiger partial charge in [0.2, 0.25) is 0 Å². The summed E-state index contributed by atoms with van der Waals surface area (Å²) >= 11 is 0. The molecule has 2 rings (SSSR count). The minimum absolute atomic E-state index is 0.0483. The van der Waals surface area contributed by atoms with E-state index in [1.165, 1.54) is 6.07 Å². The van der Waals surface area contributed by atoms with Crippen molar-refractivity contribution in [1.82, 2.24) is 15.1 Å². The molecule has 0 saturated heterocycles. The molecule has 0 aliphatic heterocycles. The molecule has 4 heteroatoms. The van der Waals surface area contributed by atoms with Crippen molar-refractivity contribution in [2.75, 3.05) is 6.54 Å². The Morgan fingerprint density at radius 1 is 1.24 bits per heavy atom. The lowest BCUT2D eigenvalue weighted by Crippen LogP contribution is -2.22. The SMILES string of the molecule is CCCNC(C)c1c(F)cccc1-n1ccc(C(C)C)n1. The highest BCUT2D eigenvalue weighted by molar-refractivity contribution is 5.43. The van der Waals surface area contributed by atoms with Gasteiger partial charge in [0.25, 0.3) is 0 Å². The Morgan fingerprint density at radius 2 is 2.00 bits per heavy atom. The molecular formula is C17H24FN3. The van der Waals surface area contributed by atoms with Gasteiger partial charge < -0.3 is 5.32 Å². The van der Waals surface area contributed by atoms with E-state index in [9.17, 15) is 4.39 Å². The molecule has 1 unspecified atom stereocenters. The third kappa shape index (κ3) is 3.50. The van der Waals surface area contributed by atoms with Gasteiger partial charge in [-0.3, -0.25) is 0 Å². The van der Waals surface area contributed by atoms with E-state index in [0.717, 1.165) is 24.3 Å². The molecule has 1 atom stereocenters. The Bertz CT molecular complexity index is 589. The zero-order valence-corrected chi connectivity index (χ0v) is 13.2. The molecule has 0 spiro atoms. The van der Waals surface area contributed by atoms with Gasteiger partial charge in [-0.15, -0.1) is 0 Å². The van der Waals surface area contributed by atoms with E-state index in [1.54, 1.807) is 10.7 Å². The van der Waals surface area contributed by atoms with Crippen molar-refractivity contribution in [3.63, 3.8) is 0 Å². The highest BCUT2D eigenvalue weighted by Gasteiger charge is 2.17. The second kappa shape index (κ2) is 6.85. The van der Waals surface area contributed by atoms with Crippen molar-refractivity contribution < 1.29 is 4.39 Å². The Balaban J connectivity index is 2.40. The Morgan fingerprint density at radius 3 is 2.62 bits per heavy atom. The van der Waals surface area contributed by atoms with Crippen molar-refractivity contribution in [1.29, 1.82) is 0 Å². The molecule has 3 nitrogen and oxygen atoms in total. The lowest BCUT2D eigenvalue weighted by atomic mass is 10.1. The number of aromatic nitrogens is 2. The van der Waals surface area contributed by atoms with E-state index in [2.05, 4.69) is 31.2 Å². The third-order valence-corrected chi connectivity index (χ3v) is 3.61. The summed E-state index contributed by atoms with van der Waals surface area (Å²) in [6, 6.07) is 7.10. The van der Waals surface area contributed by atoms with Crippen LogP contribution >= 0.6 is 0 Å². The van der Waals surface area contributed by atoms with Gasteiger partial charge in [0.1, 0.15) is 5.82 Å². The zero-order valence-electron chi connectivity index (χ0n) is 13.2. The van der Waals surface area contributed by atoms with Crippen molar-refractivity contribution in [3.05, 3.63) is 47.5 Å². The monoisotopic (exact) mass is 289 g/mol. The summed E-state index contributed by atoms with van der Waals surface area (Å²) in [6.45, 7) is 9.16. The first-order chi connectivity index (χ1) is 10.0. The van der Waals surface area contributed by atoms with Crippen molar-refractivity contribution in [2.45, 2.75) is 46.1 Å². The van der Waals surface area contributed by atoms with E-state index in [4.69, 9.17) is 0 Å². The predicted molar refractivity (Wildman–Crippen MR) is 84.3 cm³/mol. The summed E-state index contributed by atoms with van der Waals surface area (Å²) in [5.74, 6) is 0.170. The predicted octanol–water partition coefficient (Wildman–Crippen LogP) is 4.20. The van der Waals surface area contributed by atoms with Crippen LogP contribution in [0.5, 0.6) is 0 Å². The van der Waals surface area contributed by atoms with Crippen LogP contribution in [0.15, 0.2) is 30.5 Å². The summed E-state index contributed by atoms with van der Waals surface area (Å²) in [5, 5.41) is 7.91. The number of rotatable bonds is 6. The molecule has 1 heterocycles. The molecule has 1 aromatic carbocycles. The average molecular weight is 289 g/mol. The Hall–Kier alpha value is -1.68. The molecule has 0 aliphatic carbocycles. The van der Waals surface area contributed by atoms with Gasteiger partial charge in [-0.05, 0) is 44.0 Å². The molecule has 0 bridgehead atoms. The first-order valence-electron chi connectivity index (χ1n) is 7.62. The molecule has 0 fully saturated rings. The summed E-state index contributed by atoms with van der Waals surface area (Å²) in [7, 11) is 0. The third-order valence-electron chi connectivity index (χ3n) is 3.61. The van der Waals surface area contributed by atoms with Crippen molar-refractivity contribution in [2.24, 2.45) is 0 Å². The number of benzene rings is 1. The number of halogens is 1. The average Bonchev–Trinajstić information content (AvgIpc) is 2.94. The topological polar surface area (TPSA) is 29.9 Å². The summed E-state index contributed by atoms with van der Waals surface area (Å²) in [6.07, 6.45) is 2.92. The van der Waals surface area contributed by atoms with Crippen molar-refractivity contribution in [3.8, 4) is 5.69 Å². The Kier molecular flexibility index (Phi) is 5.12. The fraction of sp³-hybridized carbons (Fsp3) is 0.471. The van der Waals surface area contributed by atoms with Gasteiger partial charge in [-0.25, -0.2) is 9.07 Å². The number of hydrogen-bond acceptors (Lipinski definition) is 2. The fourth-order valence-electron chi connectivity index (χ4n) is 2.40. The number of hydrogen-bond donors (Lipinski definition) is 1. The van der Waals surface area contributed by atoms with E-state index >= 15 is 0 Å². The van der Waals surface area contributed by atoms with Crippen LogP contribution in [0.4, 0.5) is 4.39 Å². The largest absolute Gasteiger partial charge is 0.310 e. The fourth-order valence-corrected chi connectivity index (χ4v) is 2.40. The van der Waals surface area contributed by atoms with E-state index < -0.39 is 0 Å². The van der Waals surface area contributed by atoms with Gasteiger partial charge >= 0.3 is 0 Å². The van der Waals surface area contributed by atoms with Gasteiger partial charge in [0.05, 0.1) is 11.4 Å². The lowest BCUT2D eigenvalue weighted by Gasteiger charge is -2.18. The molecule has 114 valence electrons. The molecular weight excluding hydrogens is 265 g/mol. The first kappa shape index (κ1) is 15.7. The second-order valence-electron chi connectivity index (χ2n) is 5.69. The lowest BCUT2D eigenvalue weighted by molar-refractivity contribution is 0.523. The second-order valence-corrected chi connectivity index (χ2v) is 5.69. The minimum Gasteiger partial charge on any atom is -0.310 e. The molecule has 0 aliphatic rings. The maximum Gasteiger partial charge on any atom is 0.130 e. The Labute approximate surface area is 126 Å². The van der Waals surface area contributed by atoms with Crippen LogP contribution in [0, 0.1) is 5.82 Å². The standard InChI is InChI=1S/C17H24FN3/c1-5-10-19-13(4)17-14(18)7-6-8-16(17)21-11-9-15(20-21)12(2)3/h6-9,11-13,19H,5,10H2,1-4H3. The van der Waals surface area contributed by atoms with Crippen LogP contribution < -0.4 is 5.32 Å². The minimum atomic E-state index is -0.190.